The van der Waals surface area contributed by atoms with Crippen LogP contribution in [0.15, 0.2) is 84.9 Å². The number of hydrogen-bond donors (Lipinski definition) is 0. The van der Waals surface area contributed by atoms with Gasteiger partial charge in [-0.2, -0.15) is 0 Å². The van der Waals surface area contributed by atoms with Gasteiger partial charge in [0, 0.05) is 0 Å². The molecule has 132 valence electrons. The molecule has 0 fully saturated rings. The predicted octanol–water partition coefficient (Wildman–Crippen LogP) is 4.85. The highest BCUT2D eigenvalue weighted by molar-refractivity contribution is 5.93. The van der Waals surface area contributed by atoms with Gasteiger partial charge in [0.25, 0.3) is 0 Å². The van der Waals surface area contributed by atoms with Crippen molar-refractivity contribution in [2.75, 3.05) is 0 Å². The summed E-state index contributed by atoms with van der Waals surface area (Å²) in [7, 11) is 0. The summed E-state index contributed by atoms with van der Waals surface area (Å²) < 4.78 is 5.04. The van der Waals surface area contributed by atoms with E-state index in [1.165, 1.54) is 0 Å². The molecule has 0 heterocycles. The summed E-state index contributed by atoms with van der Waals surface area (Å²) >= 11 is 0. The molecule has 0 saturated heterocycles. The molecule has 3 nitrogen and oxygen atoms in total. The highest BCUT2D eigenvalue weighted by Crippen LogP contribution is 2.20. The topological polar surface area (TPSA) is 43.4 Å². The molecular weight excluding hydrogens is 336 g/mol. The Morgan fingerprint density at radius 2 is 1.30 bits per heavy atom. The summed E-state index contributed by atoms with van der Waals surface area (Å²) in [6.45, 7) is 0. The van der Waals surface area contributed by atoms with E-state index >= 15 is 0 Å². The van der Waals surface area contributed by atoms with Crippen LogP contribution in [0.5, 0.6) is 0 Å². The standard InChI is InChI=1S/C24H18O3/c25-23(15-17-12-13-18-6-1-2-8-20(18)14-17)27-24(26)16-21-10-5-9-19-7-3-4-11-22(19)21/h1-14H,15-16H2. The van der Waals surface area contributed by atoms with Crippen LogP contribution in [0.4, 0.5) is 0 Å². The minimum Gasteiger partial charge on any atom is -0.393 e. The van der Waals surface area contributed by atoms with E-state index in [1.807, 2.05) is 84.9 Å². The molecule has 0 aliphatic heterocycles. The van der Waals surface area contributed by atoms with Crippen LogP contribution in [0.1, 0.15) is 11.1 Å². The zero-order chi connectivity index (χ0) is 18.6. The molecule has 3 heteroatoms. The van der Waals surface area contributed by atoms with Crippen molar-refractivity contribution < 1.29 is 14.3 Å². The van der Waals surface area contributed by atoms with Crippen molar-refractivity contribution in [2.45, 2.75) is 12.8 Å². The molecule has 0 atom stereocenters. The van der Waals surface area contributed by atoms with E-state index in [0.717, 1.165) is 32.7 Å². The summed E-state index contributed by atoms with van der Waals surface area (Å²) in [5.41, 5.74) is 1.69. The third-order valence-electron chi connectivity index (χ3n) is 4.60. The lowest BCUT2D eigenvalue weighted by atomic mass is 10.0. The highest BCUT2D eigenvalue weighted by atomic mass is 16.6. The van der Waals surface area contributed by atoms with E-state index in [-0.39, 0.29) is 12.8 Å². The highest BCUT2D eigenvalue weighted by Gasteiger charge is 2.13. The Balaban J connectivity index is 1.43. The largest absolute Gasteiger partial charge is 0.393 e. The van der Waals surface area contributed by atoms with E-state index in [0.29, 0.717) is 0 Å². The molecule has 4 rings (SSSR count). The van der Waals surface area contributed by atoms with Crippen molar-refractivity contribution in [3.63, 3.8) is 0 Å². The first-order valence-corrected chi connectivity index (χ1v) is 8.87. The molecule has 0 aromatic heterocycles. The monoisotopic (exact) mass is 354 g/mol. The summed E-state index contributed by atoms with van der Waals surface area (Å²) in [4.78, 5) is 24.4. The molecule has 0 N–H and O–H groups in total. The van der Waals surface area contributed by atoms with Gasteiger partial charge in [-0.3, -0.25) is 9.59 Å². The second-order valence-electron chi connectivity index (χ2n) is 6.52. The van der Waals surface area contributed by atoms with Crippen LogP contribution in [0.3, 0.4) is 0 Å². The Bertz CT molecular complexity index is 1140. The first-order chi connectivity index (χ1) is 13.2. The molecule has 0 spiro atoms. The molecule has 4 aromatic carbocycles. The van der Waals surface area contributed by atoms with Crippen LogP contribution in [-0.4, -0.2) is 11.9 Å². The number of ether oxygens (including phenoxy) is 1. The van der Waals surface area contributed by atoms with Crippen molar-refractivity contribution in [3.05, 3.63) is 96.1 Å². The van der Waals surface area contributed by atoms with Crippen LogP contribution >= 0.6 is 0 Å². The summed E-state index contributed by atoms with van der Waals surface area (Å²) in [5, 5.41) is 4.23. The fourth-order valence-electron chi connectivity index (χ4n) is 3.32. The number of fused-ring (bicyclic) bond motifs is 2. The lowest BCUT2D eigenvalue weighted by Gasteiger charge is -2.07. The minimum absolute atomic E-state index is 0.0742. The Hall–Kier alpha value is -3.46. The van der Waals surface area contributed by atoms with Crippen molar-refractivity contribution in [1.82, 2.24) is 0 Å². The third-order valence-corrected chi connectivity index (χ3v) is 4.60. The fraction of sp³-hybridized carbons (Fsp3) is 0.0833. The Labute approximate surface area is 157 Å². The Morgan fingerprint density at radius 3 is 2.15 bits per heavy atom. The van der Waals surface area contributed by atoms with Gasteiger partial charge in [-0.1, -0.05) is 84.9 Å². The second kappa shape index (κ2) is 7.42. The number of benzene rings is 4. The fourth-order valence-corrected chi connectivity index (χ4v) is 3.32. The molecule has 27 heavy (non-hydrogen) atoms. The molecule has 0 saturated carbocycles. The third kappa shape index (κ3) is 3.87. The van der Waals surface area contributed by atoms with Gasteiger partial charge in [0.1, 0.15) is 0 Å². The van der Waals surface area contributed by atoms with E-state index in [1.54, 1.807) is 0 Å². The predicted molar refractivity (Wildman–Crippen MR) is 106 cm³/mol. The van der Waals surface area contributed by atoms with Crippen molar-refractivity contribution >= 4 is 33.5 Å². The molecule has 0 amide bonds. The molecule has 0 aliphatic carbocycles. The molecule has 0 unspecified atom stereocenters. The van der Waals surface area contributed by atoms with Crippen molar-refractivity contribution in [2.24, 2.45) is 0 Å². The summed E-state index contributed by atoms with van der Waals surface area (Å²) in [5.74, 6) is -1.06. The maximum Gasteiger partial charge on any atom is 0.317 e. The first-order valence-electron chi connectivity index (χ1n) is 8.87. The SMILES string of the molecule is O=C(Cc1ccc2ccccc2c1)OC(=O)Cc1cccc2ccccc12. The van der Waals surface area contributed by atoms with Gasteiger partial charge in [0.05, 0.1) is 12.8 Å². The lowest BCUT2D eigenvalue weighted by molar-refractivity contribution is -0.158. The van der Waals surface area contributed by atoms with Crippen LogP contribution < -0.4 is 0 Å². The number of esters is 2. The number of hydrogen-bond acceptors (Lipinski definition) is 3. The molecule has 0 aliphatic rings. The zero-order valence-corrected chi connectivity index (χ0v) is 14.7. The van der Waals surface area contributed by atoms with Gasteiger partial charge in [0.15, 0.2) is 0 Å². The Morgan fingerprint density at radius 1 is 0.630 bits per heavy atom. The van der Waals surface area contributed by atoms with Crippen LogP contribution in [0.25, 0.3) is 21.5 Å². The average molecular weight is 354 g/mol. The van der Waals surface area contributed by atoms with Crippen LogP contribution in [0, 0.1) is 0 Å². The van der Waals surface area contributed by atoms with Gasteiger partial charge < -0.3 is 4.74 Å². The quantitative estimate of drug-likeness (QED) is 0.389. The minimum atomic E-state index is -0.532. The van der Waals surface area contributed by atoms with E-state index in [2.05, 4.69) is 0 Å². The number of carbonyl (C=O) groups is 2. The van der Waals surface area contributed by atoms with E-state index in [4.69, 9.17) is 4.74 Å². The lowest BCUT2D eigenvalue weighted by Crippen LogP contribution is -2.16. The zero-order valence-electron chi connectivity index (χ0n) is 14.7. The Kier molecular flexibility index (Phi) is 4.67. The summed E-state index contributed by atoms with van der Waals surface area (Å²) in [6.07, 6.45) is 0.150. The maximum atomic E-state index is 12.2. The second-order valence-corrected chi connectivity index (χ2v) is 6.52. The van der Waals surface area contributed by atoms with Gasteiger partial charge in [-0.05, 0) is 32.7 Å². The first kappa shape index (κ1) is 17.0. The maximum absolute atomic E-state index is 12.2. The normalized spacial score (nSPS) is 10.8. The molecule has 0 radical (unpaired) electrons. The molecule has 0 bridgehead atoms. The van der Waals surface area contributed by atoms with Gasteiger partial charge in [-0.25, -0.2) is 0 Å². The van der Waals surface area contributed by atoms with Gasteiger partial charge >= 0.3 is 11.9 Å². The van der Waals surface area contributed by atoms with E-state index in [9.17, 15) is 9.59 Å². The van der Waals surface area contributed by atoms with E-state index < -0.39 is 11.9 Å². The van der Waals surface area contributed by atoms with Crippen LogP contribution in [0.2, 0.25) is 0 Å². The number of rotatable bonds is 4. The molecule has 4 aromatic rings. The van der Waals surface area contributed by atoms with Crippen LogP contribution in [-0.2, 0) is 27.2 Å². The summed E-state index contributed by atoms with van der Waals surface area (Å²) in [6, 6.07) is 27.4. The van der Waals surface area contributed by atoms with Gasteiger partial charge in [-0.15, -0.1) is 0 Å². The smallest absolute Gasteiger partial charge is 0.317 e. The average Bonchev–Trinajstić information content (AvgIpc) is 2.68. The van der Waals surface area contributed by atoms with Gasteiger partial charge in [0.2, 0.25) is 0 Å². The van der Waals surface area contributed by atoms with Crippen molar-refractivity contribution in [3.8, 4) is 0 Å². The van der Waals surface area contributed by atoms with Crippen molar-refractivity contribution in [1.29, 1.82) is 0 Å². The number of carbonyl (C=O) groups excluding carboxylic acids is 2. The molecular formula is C24H18O3.